The molecule has 0 bridgehead atoms. The number of aromatic hydroxyl groups is 1. The third-order valence-corrected chi connectivity index (χ3v) is 5.50. The van der Waals surface area contributed by atoms with Gasteiger partial charge in [-0.2, -0.15) is 0 Å². The summed E-state index contributed by atoms with van der Waals surface area (Å²) in [6.45, 7) is 2.64. The topological polar surface area (TPSA) is 52.9 Å². The van der Waals surface area contributed by atoms with Crippen LogP contribution in [0, 0.1) is 0 Å². The first-order valence-electron chi connectivity index (χ1n) is 8.44. The molecule has 1 spiro atoms. The third-order valence-electron chi connectivity index (χ3n) is 4.83. The van der Waals surface area contributed by atoms with Gasteiger partial charge in [0.05, 0.1) is 11.0 Å². The summed E-state index contributed by atoms with van der Waals surface area (Å²) in [6.07, 6.45) is 6.92. The Labute approximate surface area is 145 Å². The molecule has 1 saturated carbocycles. The third kappa shape index (κ3) is 3.16. The number of phenolic OH excluding ortho intramolecular Hbond substituents is 1. The highest BCUT2D eigenvalue weighted by Gasteiger charge is 2.49. The summed E-state index contributed by atoms with van der Waals surface area (Å²) in [5, 5.41) is 9.87. The van der Waals surface area contributed by atoms with E-state index in [-0.39, 0.29) is 11.7 Å². The number of benzene rings is 1. The average molecular weight is 379 g/mol. The Balaban J connectivity index is 1.84. The van der Waals surface area contributed by atoms with Crippen molar-refractivity contribution in [2.24, 2.45) is 4.99 Å². The maximum atomic E-state index is 13.0. The number of nitrogens with zero attached hydrogens (tertiary/aromatic N) is 2. The van der Waals surface area contributed by atoms with Crippen molar-refractivity contribution in [2.45, 2.75) is 64.0 Å². The highest BCUT2D eigenvalue weighted by molar-refractivity contribution is 9.10. The number of halogens is 1. The summed E-state index contributed by atoms with van der Waals surface area (Å²) in [4.78, 5) is 19.7. The molecule has 1 aliphatic carbocycles. The number of amides is 1. The van der Waals surface area contributed by atoms with E-state index in [1.165, 1.54) is 0 Å². The number of hydrogen-bond acceptors (Lipinski definition) is 3. The SMILES string of the molecule is CCCCC1=NC2(CCCC2)C(=O)N1Cc1ccc(Br)c(O)c1. The molecule has 4 nitrogen and oxygen atoms in total. The summed E-state index contributed by atoms with van der Waals surface area (Å²) in [7, 11) is 0. The molecular weight excluding hydrogens is 356 g/mol. The van der Waals surface area contributed by atoms with Crippen molar-refractivity contribution in [1.29, 1.82) is 0 Å². The van der Waals surface area contributed by atoms with E-state index in [9.17, 15) is 9.90 Å². The van der Waals surface area contributed by atoms with Gasteiger partial charge in [-0.05, 0) is 52.9 Å². The van der Waals surface area contributed by atoms with Gasteiger partial charge in [0.25, 0.3) is 5.91 Å². The van der Waals surface area contributed by atoms with E-state index >= 15 is 0 Å². The van der Waals surface area contributed by atoms with Crippen LogP contribution in [0.25, 0.3) is 0 Å². The molecule has 0 radical (unpaired) electrons. The van der Waals surface area contributed by atoms with Gasteiger partial charge >= 0.3 is 0 Å². The number of hydrogen-bond donors (Lipinski definition) is 1. The van der Waals surface area contributed by atoms with Crippen LogP contribution >= 0.6 is 15.9 Å². The monoisotopic (exact) mass is 378 g/mol. The minimum atomic E-state index is -0.486. The van der Waals surface area contributed by atoms with E-state index in [0.29, 0.717) is 11.0 Å². The second kappa shape index (κ2) is 6.63. The standard InChI is InChI=1S/C18H23BrN2O2/c1-2-3-6-16-20-18(9-4-5-10-18)17(23)21(16)12-13-7-8-14(19)15(22)11-13/h7-8,11,22H,2-6,9-10,12H2,1H3. The molecule has 0 aromatic heterocycles. The summed E-state index contributed by atoms with van der Waals surface area (Å²) < 4.78 is 0.668. The van der Waals surface area contributed by atoms with Crippen LogP contribution in [0.1, 0.15) is 57.4 Å². The fourth-order valence-electron chi connectivity index (χ4n) is 3.54. The highest BCUT2D eigenvalue weighted by atomic mass is 79.9. The first-order valence-corrected chi connectivity index (χ1v) is 9.23. The van der Waals surface area contributed by atoms with Crippen LogP contribution in [0.5, 0.6) is 5.75 Å². The molecule has 5 heteroatoms. The van der Waals surface area contributed by atoms with Gasteiger partial charge in [-0.25, -0.2) is 0 Å². The lowest BCUT2D eigenvalue weighted by Crippen LogP contribution is -2.40. The van der Waals surface area contributed by atoms with Gasteiger partial charge in [0, 0.05) is 6.42 Å². The van der Waals surface area contributed by atoms with Crippen molar-refractivity contribution in [1.82, 2.24) is 4.90 Å². The van der Waals surface area contributed by atoms with Gasteiger partial charge < -0.3 is 5.11 Å². The van der Waals surface area contributed by atoms with Gasteiger partial charge in [-0.15, -0.1) is 0 Å². The molecule has 0 atom stereocenters. The minimum absolute atomic E-state index is 0.156. The largest absolute Gasteiger partial charge is 0.507 e. The molecule has 1 aliphatic heterocycles. The van der Waals surface area contributed by atoms with Gasteiger partial charge in [-0.1, -0.05) is 32.3 Å². The molecule has 3 rings (SSSR count). The molecule has 1 amide bonds. The molecule has 0 unspecified atom stereocenters. The molecule has 2 aliphatic rings. The zero-order chi connectivity index (χ0) is 16.4. The summed E-state index contributed by atoms with van der Waals surface area (Å²) in [6, 6.07) is 5.47. The molecule has 0 saturated heterocycles. The van der Waals surface area contributed by atoms with E-state index in [0.717, 1.165) is 56.3 Å². The van der Waals surface area contributed by atoms with Crippen LogP contribution in [0.15, 0.2) is 27.7 Å². The van der Waals surface area contributed by atoms with E-state index in [4.69, 9.17) is 4.99 Å². The molecule has 1 aromatic carbocycles. The normalized spacial score (nSPS) is 19.7. The fourth-order valence-corrected chi connectivity index (χ4v) is 3.78. The number of carbonyl (C=O) groups is 1. The summed E-state index contributed by atoms with van der Waals surface area (Å²) in [5.41, 5.74) is 0.443. The van der Waals surface area contributed by atoms with E-state index < -0.39 is 5.54 Å². The maximum absolute atomic E-state index is 13.0. The summed E-state index contributed by atoms with van der Waals surface area (Å²) >= 11 is 3.29. The van der Waals surface area contributed by atoms with Crippen LogP contribution in [-0.4, -0.2) is 27.3 Å². The summed E-state index contributed by atoms with van der Waals surface area (Å²) in [5.74, 6) is 1.29. The molecular formula is C18H23BrN2O2. The Hall–Kier alpha value is -1.36. The molecule has 1 fully saturated rings. The number of phenols is 1. The van der Waals surface area contributed by atoms with E-state index in [2.05, 4.69) is 22.9 Å². The van der Waals surface area contributed by atoms with Crippen molar-refractivity contribution in [3.63, 3.8) is 0 Å². The lowest BCUT2D eigenvalue weighted by atomic mass is 9.98. The number of rotatable bonds is 5. The predicted octanol–water partition coefficient (Wildman–Crippen LogP) is 4.40. The lowest BCUT2D eigenvalue weighted by molar-refractivity contribution is -0.131. The van der Waals surface area contributed by atoms with Crippen molar-refractivity contribution in [3.05, 3.63) is 28.2 Å². The maximum Gasteiger partial charge on any atom is 0.256 e. The second-order valence-electron chi connectivity index (χ2n) is 6.55. The lowest BCUT2D eigenvalue weighted by Gasteiger charge is -2.22. The highest BCUT2D eigenvalue weighted by Crippen LogP contribution is 2.40. The van der Waals surface area contributed by atoms with Crippen molar-refractivity contribution >= 4 is 27.7 Å². The molecule has 1 aromatic rings. The number of unbranched alkanes of at least 4 members (excludes halogenated alkanes) is 1. The van der Waals surface area contributed by atoms with Crippen LogP contribution < -0.4 is 0 Å². The van der Waals surface area contributed by atoms with Gasteiger partial charge in [0.1, 0.15) is 17.1 Å². The van der Waals surface area contributed by atoms with E-state index in [1.807, 2.05) is 17.0 Å². The smallest absolute Gasteiger partial charge is 0.256 e. The van der Waals surface area contributed by atoms with Crippen molar-refractivity contribution in [2.75, 3.05) is 0 Å². The van der Waals surface area contributed by atoms with Crippen LogP contribution in [0.4, 0.5) is 0 Å². The first-order chi connectivity index (χ1) is 11.1. The number of amidine groups is 1. The Kier molecular flexibility index (Phi) is 4.76. The van der Waals surface area contributed by atoms with Gasteiger partial charge in [0.2, 0.25) is 0 Å². The fraction of sp³-hybridized carbons (Fsp3) is 0.556. The quantitative estimate of drug-likeness (QED) is 0.825. The Morgan fingerprint density at radius 3 is 2.74 bits per heavy atom. The second-order valence-corrected chi connectivity index (χ2v) is 7.40. The Bertz CT molecular complexity index is 636. The zero-order valence-corrected chi connectivity index (χ0v) is 15.1. The molecule has 1 heterocycles. The predicted molar refractivity (Wildman–Crippen MR) is 94.5 cm³/mol. The average Bonchev–Trinajstić information content (AvgIpc) is 3.10. The Morgan fingerprint density at radius 1 is 1.35 bits per heavy atom. The minimum Gasteiger partial charge on any atom is -0.507 e. The first kappa shape index (κ1) is 16.5. The molecule has 1 N–H and O–H groups in total. The van der Waals surface area contributed by atoms with Crippen molar-refractivity contribution < 1.29 is 9.90 Å². The van der Waals surface area contributed by atoms with Gasteiger partial charge in [-0.3, -0.25) is 14.7 Å². The number of aliphatic imine (C=N–C) groups is 1. The molecule has 124 valence electrons. The van der Waals surface area contributed by atoms with Gasteiger partial charge in [0.15, 0.2) is 0 Å². The van der Waals surface area contributed by atoms with Crippen molar-refractivity contribution in [3.8, 4) is 5.75 Å². The number of carbonyl (C=O) groups excluding carboxylic acids is 1. The van der Waals surface area contributed by atoms with Crippen LogP contribution in [0.3, 0.4) is 0 Å². The molecule has 23 heavy (non-hydrogen) atoms. The van der Waals surface area contributed by atoms with Crippen LogP contribution in [0.2, 0.25) is 0 Å². The Morgan fingerprint density at radius 2 is 2.09 bits per heavy atom. The van der Waals surface area contributed by atoms with E-state index in [1.54, 1.807) is 6.07 Å². The van der Waals surface area contributed by atoms with Crippen LogP contribution in [-0.2, 0) is 11.3 Å². The zero-order valence-electron chi connectivity index (χ0n) is 13.5.